The number of ether oxygens (including phenoxy) is 1. The van der Waals surface area contributed by atoms with E-state index in [-0.39, 0.29) is 18.4 Å². The van der Waals surface area contributed by atoms with Crippen LogP contribution in [0.15, 0.2) is 30.3 Å². The average molecular weight is 330 g/mol. The first-order chi connectivity index (χ1) is 11.6. The van der Waals surface area contributed by atoms with Crippen LogP contribution in [0.1, 0.15) is 10.5 Å². The third kappa shape index (κ3) is 3.27. The maximum atomic E-state index is 12.6. The second-order valence-corrected chi connectivity index (χ2v) is 5.95. The van der Waals surface area contributed by atoms with E-state index in [1.165, 1.54) is 7.11 Å². The van der Waals surface area contributed by atoms with Crippen LogP contribution in [-0.4, -0.2) is 72.5 Å². The Morgan fingerprint density at radius 2 is 1.88 bits per heavy atom. The Labute approximate surface area is 140 Å². The number of nitrogens with one attached hydrogen (secondary N) is 1. The summed E-state index contributed by atoms with van der Waals surface area (Å²) in [5.41, 5.74) is 7.31. The lowest BCUT2D eigenvalue weighted by molar-refractivity contribution is -0.135. The van der Waals surface area contributed by atoms with Crippen molar-refractivity contribution in [3.05, 3.63) is 36.0 Å². The van der Waals surface area contributed by atoms with E-state index in [4.69, 9.17) is 10.5 Å². The zero-order valence-electron chi connectivity index (χ0n) is 13.7. The van der Waals surface area contributed by atoms with Crippen LogP contribution in [0.25, 0.3) is 10.9 Å². The summed E-state index contributed by atoms with van der Waals surface area (Å²) in [4.78, 5) is 31.4. The molecule has 3 rings (SSSR count). The van der Waals surface area contributed by atoms with Crippen molar-refractivity contribution >= 4 is 22.7 Å². The summed E-state index contributed by atoms with van der Waals surface area (Å²) in [6, 6.07) is 9.00. The molecule has 1 unspecified atom stereocenters. The topological polar surface area (TPSA) is 91.7 Å². The molecule has 1 aliphatic heterocycles. The van der Waals surface area contributed by atoms with Crippen LogP contribution in [0, 0.1) is 0 Å². The fraction of sp³-hybridized carbons (Fsp3) is 0.412. The number of methoxy groups -OCH3 is 1. The van der Waals surface area contributed by atoms with Crippen molar-refractivity contribution in [3.63, 3.8) is 0 Å². The van der Waals surface area contributed by atoms with E-state index < -0.39 is 6.04 Å². The molecular formula is C17H22N4O3. The first-order valence-electron chi connectivity index (χ1n) is 8.00. The molecular weight excluding hydrogens is 308 g/mol. The van der Waals surface area contributed by atoms with Gasteiger partial charge in [-0.25, -0.2) is 0 Å². The molecule has 1 aliphatic rings. The molecule has 0 bridgehead atoms. The van der Waals surface area contributed by atoms with E-state index in [1.807, 2.05) is 30.3 Å². The molecule has 2 heterocycles. The molecule has 1 fully saturated rings. The molecule has 0 aliphatic carbocycles. The fourth-order valence-electron chi connectivity index (χ4n) is 2.97. The van der Waals surface area contributed by atoms with Crippen molar-refractivity contribution in [1.82, 2.24) is 14.8 Å². The lowest BCUT2D eigenvalue weighted by Gasteiger charge is -2.35. The van der Waals surface area contributed by atoms with Crippen LogP contribution in [-0.2, 0) is 9.53 Å². The first kappa shape index (κ1) is 16.5. The van der Waals surface area contributed by atoms with Crippen molar-refractivity contribution in [3.8, 4) is 0 Å². The fourth-order valence-corrected chi connectivity index (χ4v) is 2.97. The van der Waals surface area contributed by atoms with Gasteiger partial charge in [-0.3, -0.25) is 9.59 Å². The molecule has 0 spiro atoms. The number of rotatable bonds is 4. The van der Waals surface area contributed by atoms with Crippen LogP contribution < -0.4 is 5.73 Å². The molecule has 7 heteroatoms. The van der Waals surface area contributed by atoms with Crippen molar-refractivity contribution in [2.45, 2.75) is 6.04 Å². The van der Waals surface area contributed by atoms with Gasteiger partial charge in [0.05, 0.1) is 6.61 Å². The molecule has 1 atom stereocenters. The van der Waals surface area contributed by atoms with Crippen molar-refractivity contribution < 1.29 is 14.3 Å². The number of aromatic amines is 1. The third-order valence-corrected chi connectivity index (χ3v) is 4.30. The number of fused-ring (bicyclic) bond motifs is 1. The number of hydrogen-bond acceptors (Lipinski definition) is 4. The molecule has 3 N–H and O–H groups in total. The highest BCUT2D eigenvalue weighted by molar-refractivity contribution is 5.98. The standard InChI is InChI=1S/C17H22N4O3/c1-24-11-13(18)16(22)20-6-8-21(9-7-20)17(23)15-10-12-4-2-3-5-14(12)19-15/h2-5,10,13,19H,6-9,11,18H2,1H3. The highest BCUT2D eigenvalue weighted by Crippen LogP contribution is 2.17. The van der Waals surface area contributed by atoms with Gasteiger partial charge in [-0.2, -0.15) is 0 Å². The Bertz CT molecular complexity index is 701. The first-order valence-corrected chi connectivity index (χ1v) is 8.00. The molecule has 0 saturated carbocycles. The van der Waals surface area contributed by atoms with Crippen LogP contribution >= 0.6 is 0 Å². The van der Waals surface area contributed by atoms with E-state index in [9.17, 15) is 9.59 Å². The molecule has 2 amide bonds. The molecule has 7 nitrogen and oxygen atoms in total. The Morgan fingerprint density at radius 1 is 1.21 bits per heavy atom. The number of para-hydroxylation sites is 1. The summed E-state index contributed by atoms with van der Waals surface area (Å²) < 4.78 is 4.92. The van der Waals surface area contributed by atoms with Crippen LogP contribution in [0.4, 0.5) is 0 Å². The normalized spacial score (nSPS) is 16.4. The van der Waals surface area contributed by atoms with Gasteiger partial charge in [0.2, 0.25) is 5.91 Å². The van der Waals surface area contributed by atoms with Crippen molar-refractivity contribution in [1.29, 1.82) is 0 Å². The smallest absolute Gasteiger partial charge is 0.270 e. The Kier molecular flexibility index (Phi) is 4.82. The van der Waals surface area contributed by atoms with Crippen LogP contribution in [0.3, 0.4) is 0 Å². The Morgan fingerprint density at radius 3 is 2.54 bits per heavy atom. The van der Waals surface area contributed by atoms with E-state index in [2.05, 4.69) is 4.98 Å². The number of nitrogens with two attached hydrogens (primary N) is 1. The molecule has 1 aromatic carbocycles. The summed E-state index contributed by atoms with van der Waals surface area (Å²) in [7, 11) is 1.52. The number of aromatic nitrogens is 1. The van der Waals surface area contributed by atoms with Gasteiger partial charge in [0.25, 0.3) is 5.91 Å². The van der Waals surface area contributed by atoms with E-state index >= 15 is 0 Å². The maximum Gasteiger partial charge on any atom is 0.270 e. The van der Waals surface area contributed by atoms with E-state index in [0.717, 1.165) is 10.9 Å². The number of amides is 2. The Hall–Kier alpha value is -2.38. The second kappa shape index (κ2) is 7.02. The van der Waals surface area contributed by atoms with Gasteiger partial charge >= 0.3 is 0 Å². The van der Waals surface area contributed by atoms with Gasteiger partial charge in [-0.05, 0) is 12.1 Å². The minimum absolute atomic E-state index is 0.0421. The number of hydrogen-bond donors (Lipinski definition) is 2. The number of nitrogens with zero attached hydrogens (tertiary/aromatic N) is 2. The van der Waals surface area contributed by atoms with Gasteiger partial charge < -0.3 is 25.3 Å². The summed E-state index contributed by atoms with van der Waals surface area (Å²) in [5, 5.41) is 1.01. The van der Waals surface area contributed by atoms with Gasteiger partial charge in [0.1, 0.15) is 11.7 Å². The second-order valence-electron chi connectivity index (χ2n) is 5.95. The SMILES string of the molecule is COCC(N)C(=O)N1CCN(C(=O)c2cc3ccccc3[nH]2)CC1. The molecule has 1 saturated heterocycles. The number of carbonyl (C=O) groups is 2. The minimum atomic E-state index is -0.647. The van der Waals surface area contributed by atoms with E-state index in [1.54, 1.807) is 9.80 Å². The van der Waals surface area contributed by atoms with Gasteiger partial charge in [0.15, 0.2) is 0 Å². The number of piperazine rings is 1. The van der Waals surface area contributed by atoms with Gasteiger partial charge in [-0.1, -0.05) is 18.2 Å². The highest BCUT2D eigenvalue weighted by Gasteiger charge is 2.28. The van der Waals surface area contributed by atoms with Crippen molar-refractivity contribution in [2.75, 3.05) is 39.9 Å². The summed E-state index contributed by atoms with van der Waals surface area (Å²) in [6.07, 6.45) is 0. The largest absolute Gasteiger partial charge is 0.383 e. The number of H-pyrrole nitrogens is 1. The Balaban J connectivity index is 1.62. The summed E-state index contributed by atoms with van der Waals surface area (Å²) in [5.74, 6) is -0.172. The third-order valence-electron chi connectivity index (χ3n) is 4.30. The van der Waals surface area contributed by atoms with Gasteiger partial charge in [-0.15, -0.1) is 0 Å². The monoisotopic (exact) mass is 330 g/mol. The maximum absolute atomic E-state index is 12.6. The van der Waals surface area contributed by atoms with Gasteiger partial charge in [0, 0.05) is 44.2 Å². The molecule has 2 aromatic rings. The molecule has 128 valence electrons. The predicted molar refractivity (Wildman–Crippen MR) is 90.6 cm³/mol. The predicted octanol–water partition coefficient (Wildman–Crippen LogP) is 0.426. The minimum Gasteiger partial charge on any atom is -0.383 e. The lowest BCUT2D eigenvalue weighted by atomic mass is 10.2. The molecule has 24 heavy (non-hydrogen) atoms. The molecule has 1 aromatic heterocycles. The van der Waals surface area contributed by atoms with Crippen LogP contribution in [0.5, 0.6) is 0 Å². The number of benzene rings is 1. The van der Waals surface area contributed by atoms with Crippen molar-refractivity contribution in [2.24, 2.45) is 5.73 Å². The number of carbonyl (C=O) groups excluding carboxylic acids is 2. The average Bonchev–Trinajstić information content (AvgIpc) is 3.05. The van der Waals surface area contributed by atoms with Crippen LogP contribution in [0.2, 0.25) is 0 Å². The zero-order valence-corrected chi connectivity index (χ0v) is 13.7. The molecule has 0 radical (unpaired) electrons. The lowest BCUT2D eigenvalue weighted by Crippen LogP contribution is -2.55. The summed E-state index contributed by atoms with van der Waals surface area (Å²) >= 11 is 0. The van der Waals surface area contributed by atoms with E-state index in [0.29, 0.717) is 31.9 Å². The zero-order chi connectivity index (χ0) is 17.1. The highest BCUT2D eigenvalue weighted by atomic mass is 16.5. The summed E-state index contributed by atoms with van der Waals surface area (Å²) in [6.45, 7) is 2.18. The quantitative estimate of drug-likeness (QED) is 0.850.